The zero-order valence-electron chi connectivity index (χ0n) is 20.7. The second-order valence-electron chi connectivity index (χ2n) is 9.00. The number of ether oxygens (including phenoxy) is 4. The lowest BCUT2D eigenvalue weighted by atomic mass is 10.1. The number of aliphatic hydroxyl groups excluding tert-OH is 2. The molecule has 1 saturated heterocycles. The molecule has 1 aliphatic heterocycles. The van der Waals surface area contributed by atoms with E-state index in [-0.39, 0.29) is 25.2 Å². The second-order valence-corrected chi connectivity index (χ2v) is 10.5. The molecule has 1 unspecified atom stereocenters. The summed E-state index contributed by atoms with van der Waals surface area (Å²) in [7, 11) is 1.52. The van der Waals surface area contributed by atoms with Crippen LogP contribution in [0.5, 0.6) is 11.5 Å². The standard InChI is InChI=1S/C27H27ClN2O7S/c1-15(37-27-21(32)10-19(31)13-36-27)12-35-22-8-7-18(9-23(22)34-2)30-14-29-20-11-24(38-25(20)26(30)33)16-3-5-17(28)6-4-16/h3-9,11,14-15,19,21,27,31-32H,10,12-13H2,1-2H3/t15?,19-,21+,27+/m0/s1. The molecule has 0 aliphatic carbocycles. The van der Waals surface area contributed by atoms with Crippen LogP contribution in [-0.2, 0) is 9.47 Å². The van der Waals surface area contributed by atoms with E-state index in [1.54, 1.807) is 25.1 Å². The third-order valence-corrected chi connectivity index (χ3v) is 7.53. The molecule has 9 nitrogen and oxygen atoms in total. The van der Waals surface area contributed by atoms with E-state index < -0.39 is 24.6 Å². The summed E-state index contributed by atoms with van der Waals surface area (Å²) in [6, 6.07) is 14.5. The Labute approximate surface area is 227 Å². The summed E-state index contributed by atoms with van der Waals surface area (Å²) in [4.78, 5) is 18.8. The Bertz CT molecular complexity index is 1470. The van der Waals surface area contributed by atoms with E-state index >= 15 is 0 Å². The molecule has 2 aromatic heterocycles. The molecule has 5 rings (SSSR count). The zero-order valence-corrected chi connectivity index (χ0v) is 22.3. The van der Waals surface area contributed by atoms with Gasteiger partial charge < -0.3 is 29.2 Å². The van der Waals surface area contributed by atoms with Crippen LogP contribution in [0.4, 0.5) is 0 Å². The lowest BCUT2D eigenvalue weighted by molar-refractivity contribution is -0.252. The molecule has 11 heteroatoms. The first-order valence-electron chi connectivity index (χ1n) is 12.0. The molecule has 2 aromatic carbocycles. The lowest BCUT2D eigenvalue weighted by Gasteiger charge is -2.32. The highest BCUT2D eigenvalue weighted by atomic mass is 35.5. The van der Waals surface area contributed by atoms with Gasteiger partial charge in [0.1, 0.15) is 23.7 Å². The second kappa shape index (κ2) is 11.4. The molecular formula is C27H27ClN2O7S. The van der Waals surface area contributed by atoms with Gasteiger partial charge in [0.2, 0.25) is 0 Å². The fraction of sp³-hybridized carbons (Fsp3) is 0.333. The summed E-state index contributed by atoms with van der Waals surface area (Å²) in [6.45, 7) is 2.07. The summed E-state index contributed by atoms with van der Waals surface area (Å²) in [5, 5.41) is 20.3. The van der Waals surface area contributed by atoms with Crippen LogP contribution >= 0.6 is 22.9 Å². The third kappa shape index (κ3) is 5.70. The number of hydrogen-bond acceptors (Lipinski definition) is 9. The molecule has 38 heavy (non-hydrogen) atoms. The van der Waals surface area contributed by atoms with E-state index in [1.807, 2.05) is 30.3 Å². The Kier molecular flexibility index (Phi) is 7.98. The Morgan fingerprint density at radius 2 is 1.97 bits per heavy atom. The van der Waals surface area contributed by atoms with Gasteiger partial charge in [0.25, 0.3) is 5.56 Å². The molecule has 3 heterocycles. The smallest absolute Gasteiger partial charge is 0.275 e. The Hall–Kier alpha value is -2.99. The normalized spacial score (nSPS) is 20.4. The molecule has 0 bridgehead atoms. The van der Waals surface area contributed by atoms with Gasteiger partial charge in [-0.25, -0.2) is 4.98 Å². The number of benzene rings is 2. The number of aromatic nitrogens is 2. The predicted octanol–water partition coefficient (Wildman–Crippen LogP) is 4.03. The zero-order chi connectivity index (χ0) is 26.8. The highest BCUT2D eigenvalue weighted by Gasteiger charge is 2.31. The number of rotatable bonds is 8. The highest BCUT2D eigenvalue weighted by Crippen LogP contribution is 2.33. The van der Waals surface area contributed by atoms with Gasteiger partial charge in [0, 0.05) is 22.4 Å². The molecule has 4 aromatic rings. The quantitative estimate of drug-likeness (QED) is 0.333. The van der Waals surface area contributed by atoms with Gasteiger partial charge in [0.15, 0.2) is 17.8 Å². The van der Waals surface area contributed by atoms with Crippen LogP contribution in [0.3, 0.4) is 0 Å². The van der Waals surface area contributed by atoms with Crippen molar-refractivity contribution < 1.29 is 29.2 Å². The maximum atomic E-state index is 13.3. The van der Waals surface area contributed by atoms with Crippen molar-refractivity contribution in [3.63, 3.8) is 0 Å². The van der Waals surface area contributed by atoms with Crippen LogP contribution in [0.2, 0.25) is 5.02 Å². The van der Waals surface area contributed by atoms with E-state index in [0.29, 0.717) is 32.4 Å². The Morgan fingerprint density at radius 3 is 2.71 bits per heavy atom. The Morgan fingerprint density at radius 1 is 1.18 bits per heavy atom. The largest absolute Gasteiger partial charge is 0.493 e. The van der Waals surface area contributed by atoms with Crippen LogP contribution in [0.1, 0.15) is 13.3 Å². The third-order valence-electron chi connectivity index (χ3n) is 6.11. The van der Waals surface area contributed by atoms with E-state index in [0.717, 1.165) is 10.4 Å². The molecule has 0 spiro atoms. The molecule has 2 N–H and O–H groups in total. The molecular weight excluding hydrogens is 532 g/mol. The van der Waals surface area contributed by atoms with E-state index in [2.05, 4.69) is 4.98 Å². The number of fused-ring (bicyclic) bond motifs is 1. The fourth-order valence-corrected chi connectivity index (χ4v) is 5.33. The first-order chi connectivity index (χ1) is 18.3. The summed E-state index contributed by atoms with van der Waals surface area (Å²) in [5.74, 6) is 0.905. The van der Waals surface area contributed by atoms with Crippen molar-refractivity contribution in [2.45, 2.75) is 37.9 Å². The highest BCUT2D eigenvalue weighted by molar-refractivity contribution is 7.22. The topological polar surface area (TPSA) is 112 Å². The van der Waals surface area contributed by atoms with E-state index in [1.165, 1.54) is 29.3 Å². The average molecular weight is 559 g/mol. The molecule has 4 atom stereocenters. The van der Waals surface area contributed by atoms with Crippen molar-refractivity contribution in [2.24, 2.45) is 0 Å². The summed E-state index contributed by atoms with van der Waals surface area (Å²) in [6.07, 6.45) is -1.15. The van der Waals surface area contributed by atoms with Gasteiger partial charge in [-0.15, -0.1) is 11.3 Å². The maximum Gasteiger partial charge on any atom is 0.275 e. The SMILES string of the molecule is COc1cc(-n2cnc3cc(-c4ccc(Cl)cc4)sc3c2=O)ccc1OCC(C)O[C@H]1OC[C@@H](O)C[C@H]1O. The van der Waals surface area contributed by atoms with Crippen molar-refractivity contribution in [1.29, 1.82) is 0 Å². The number of thiophene rings is 1. The minimum Gasteiger partial charge on any atom is -0.493 e. The molecule has 1 fully saturated rings. The van der Waals surface area contributed by atoms with Gasteiger partial charge in [-0.3, -0.25) is 9.36 Å². The average Bonchev–Trinajstić information content (AvgIpc) is 3.35. The van der Waals surface area contributed by atoms with Crippen molar-refractivity contribution in [2.75, 3.05) is 20.3 Å². The molecule has 0 saturated carbocycles. The van der Waals surface area contributed by atoms with Crippen molar-refractivity contribution in [3.05, 3.63) is 70.2 Å². The number of nitrogens with zero attached hydrogens (tertiary/aromatic N) is 2. The predicted molar refractivity (Wildman–Crippen MR) is 145 cm³/mol. The van der Waals surface area contributed by atoms with Gasteiger partial charge in [-0.1, -0.05) is 23.7 Å². The molecule has 0 radical (unpaired) electrons. The van der Waals surface area contributed by atoms with Crippen LogP contribution < -0.4 is 15.0 Å². The maximum absolute atomic E-state index is 13.3. The summed E-state index contributed by atoms with van der Waals surface area (Å²) in [5.41, 5.74) is 1.99. The minimum atomic E-state index is -0.912. The number of halogens is 1. The molecule has 1 aliphatic rings. The minimum absolute atomic E-state index is 0.110. The summed E-state index contributed by atoms with van der Waals surface area (Å²) >= 11 is 7.38. The number of methoxy groups -OCH3 is 1. The number of aliphatic hydroxyl groups is 2. The van der Waals surface area contributed by atoms with Gasteiger partial charge >= 0.3 is 0 Å². The van der Waals surface area contributed by atoms with Crippen molar-refractivity contribution in [3.8, 4) is 27.6 Å². The molecule has 200 valence electrons. The number of hydrogen-bond donors (Lipinski definition) is 2. The Balaban J connectivity index is 1.32. The van der Waals surface area contributed by atoms with Gasteiger partial charge in [-0.05, 0) is 42.8 Å². The lowest BCUT2D eigenvalue weighted by Crippen LogP contribution is -2.44. The first kappa shape index (κ1) is 26.6. The van der Waals surface area contributed by atoms with Crippen LogP contribution in [-0.4, -0.2) is 64.7 Å². The summed E-state index contributed by atoms with van der Waals surface area (Å²) < 4.78 is 24.5. The van der Waals surface area contributed by atoms with Crippen LogP contribution in [0.25, 0.3) is 26.3 Å². The first-order valence-corrected chi connectivity index (χ1v) is 13.2. The van der Waals surface area contributed by atoms with Crippen molar-refractivity contribution >= 4 is 33.2 Å². The van der Waals surface area contributed by atoms with Gasteiger partial charge in [0.05, 0.1) is 37.1 Å². The van der Waals surface area contributed by atoms with Crippen LogP contribution in [0, 0.1) is 0 Å². The molecule has 0 amide bonds. The van der Waals surface area contributed by atoms with Crippen molar-refractivity contribution in [1.82, 2.24) is 9.55 Å². The fourth-order valence-electron chi connectivity index (χ4n) is 4.16. The van der Waals surface area contributed by atoms with Gasteiger partial charge in [-0.2, -0.15) is 0 Å². The van der Waals surface area contributed by atoms with E-state index in [9.17, 15) is 15.0 Å². The monoisotopic (exact) mass is 558 g/mol. The van der Waals surface area contributed by atoms with E-state index in [4.69, 9.17) is 30.5 Å². The van der Waals surface area contributed by atoms with Crippen LogP contribution in [0.15, 0.2) is 59.7 Å².